The van der Waals surface area contributed by atoms with Crippen LogP contribution in [0.5, 0.6) is 0 Å². The van der Waals surface area contributed by atoms with Gasteiger partial charge in [0.25, 0.3) is 0 Å². The Balaban J connectivity index is 3.00. The molecule has 0 aromatic rings. The largest absolute Gasteiger partial charge is 0.468 e. The molecule has 1 rings (SSSR count). The van der Waals surface area contributed by atoms with Crippen LogP contribution in [0.1, 0.15) is 20.3 Å². The van der Waals surface area contributed by atoms with Gasteiger partial charge in [-0.15, -0.1) is 0 Å². The minimum Gasteiger partial charge on any atom is -0.468 e. The fraction of sp³-hybridized carbons (Fsp3) is 0.900. The zero-order valence-electron chi connectivity index (χ0n) is 9.35. The van der Waals surface area contributed by atoms with E-state index in [0.717, 1.165) is 17.9 Å². The minimum absolute atomic E-state index is 0.0416. The highest BCUT2D eigenvalue weighted by Crippen LogP contribution is 2.42. The first-order chi connectivity index (χ1) is 6.50. The molecule has 1 aliphatic rings. The lowest BCUT2D eigenvalue weighted by Crippen LogP contribution is -2.64. The Labute approximate surface area is 90.0 Å². The van der Waals surface area contributed by atoms with Gasteiger partial charge in [-0.25, -0.2) is 0 Å². The van der Waals surface area contributed by atoms with Gasteiger partial charge in [-0.05, 0) is 24.6 Å². The molecule has 3 nitrogen and oxygen atoms in total. The third kappa shape index (κ3) is 1.65. The molecule has 4 heteroatoms. The van der Waals surface area contributed by atoms with E-state index in [1.807, 2.05) is 18.8 Å². The van der Waals surface area contributed by atoms with Crippen molar-refractivity contribution in [3.8, 4) is 0 Å². The van der Waals surface area contributed by atoms with E-state index in [9.17, 15) is 4.79 Å². The van der Waals surface area contributed by atoms with E-state index in [1.165, 1.54) is 7.11 Å². The summed E-state index contributed by atoms with van der Waals surface area (Å²) in [7, 11) is 3.29. The predicted molar refractivity (Wildman–Crippen MR) is 59.5 cm³/mol. The maximum absolute atomic E-state index is 11.8. The zero-order valence-corrected chi connectivity index (χ0v) is 10.2. The summed E-state index contributed by atoms with van der Waals surface area (Å²) in [5.41, 5.74) is -0.565. The number of carbonyl (C=O) groups is 1. The molecule has 0 spiro atoms. The summed E-state index contributed by atoms with van der Waals surface area (Å²) in [5, 5.41) is 3.16. The molecule has 1 N–H and O–H groups in total. The monoisotopic (exact) mass is 217 g/mol. The van der Waals surface area contributed by atoms with Gasteiger partial charge in [-0.2, -0.15) is 11.8 Å². The summed E-state index contributed by atoms with van der Waals surface area (Å²) >= 11 is 1.81. The summed E-state index contributed by atoms with van der Waals surface area (Å²) in [6.45, 7) is 4.25. The van der Waals surface area contributed by atoms with Crippen molar-refractivity contribution in [3.63, 3.8) is 0 Å². The number of carbonyl (C=O) groups excluding carboxylic acids is 1. The zero-order chi connectivity index (χ0) is 10.8. The quantitative estimate of drug-likeness (QED) is 0.707. The third-order valence-corrected chi connectivity index (χ3v) is 4.44. The predicted octanol–water partition coefficient (Wildman–Crippen LogP) is 1.28. The van der Waals surface area contributed by atoms with E-state index in [0.29, 0.717) is 0 Å². The fourth-order valence-electron chi connectivity index (χ4n) is 1.98. The Hall–Kier alpha value is -0.220. The topological polar surface area (TPSA) is 38.3 Å². The lowest BCUT2D eigenvalue weighted by molar-refractivity contribution is -0.152. The van der Waals surface area contributed by atoms with Crippen LogP contribution in [0.15, 0.2) is 0 Å². The van der Waals surface area contributed by atoms with E-state index in [4.69, 9.17) is 4.74 Å². The molecule has 0 amide bonds. The lowest BCUT2D eigenvalue weighted by atomic mass is 9.71. The first-order valence-corrected chi connectivity index (χ1v) is 6.01. The molecule has 1 saturated heterocycles. The van der Waals surface area contributed by atoms with Crippen LogP contribution in [0.4, 0.5) is 0 Å². The number of methoxy groups -OCH3 is 1. The molecule has 1 fully saturated rings. The van der Waals surface area contributed by atoms with Gasteiger partial charge in [-0.3, -0.25) is 4.79 Å². The molecule has 0 radical (unpaired) electrons. The van der Waals surface area contributed by atoms with Crippen molar-refractivity contribution in [2.45, 2.75) is 25.8 Å². The van der Waals surface area contributed by atoms with Crippen molar-refractivity contribution in [3.05, 3.63) is 0 Å². The van der Waals surface area contributed by atoms with Gasteiger partial charge in [-0.1, -0.05) is 13.8 Å². The van der Waals surface area contributed by atoms with Gasteiger partial charge >= 0.3 is 5.97 Å². The molecule has 0 saturated carbocycles. The second-order valence-corrected chi connectivity index (χ2v) is 5.44. The third-order valence-electron chi connectivity index (χ3n) is 3.31. The maximum atomic E-state index is 11.8. The molecule has 1 unspecified atom stereocenters. The van der Waals surface area contributed by atoms with Crippen molar-refractivity contribution in [1.29, 1.82) is 0 Å². The van der Waals surface area contributed by atoms with Gasteiger partial charge in [0.2, 0.25) is 0 Å². The van der Waals surface area contributed by atoms with Gasteiger partial charge in [0.1, 0.15) is 5.54 Å². The highest BCUT2D eigenvalue weighted by molar-refractivity contribution is 7.99. The standard InChI is InChI=1S/C10H19NO2S/c1-9(2)5-6-14-7-10(9,11-3)8(12)13-4/h11H,5-7H2,1-4H3. The first-order valence-electron chi connectivity index (χ1n) is 4.85. The Morgan fingerprint density at radius 1 is 1.50 bits per heavy atom. The van der Waals surface area contributed by atoms with Crippen molar-refractivity contribution in [1.82, 2.24) is 5.32 Å². The van der Waals surface area contributed by atoms with Crippen molar-refractivity contribution in [2.75, 3.05) is 25.7 Å². The van der Waals surface area contributed by atoms with Crippen LogP contribution < -0.4 is 5.32 Å². The minimum atomic E-state index is -0.523. The van der Waals surface area contributed by atoms with Crippen LogP contribution in [-0.4, -0.2) is 37.2 Å². The summed E-state index contributed by atoms with van der Waals surface area (Å²) < 4.78 is 4.90. The Morgan fingerprint density at radius 2 is 2.14 bits per heavy atom. The summed E-state index contributed by atoms with van der Waals surface area (Å²) in [5.74, 6) is 1.77. The van der Waals surface area contributed by atoms with E-state index in [2.05, 4.69) is 19.2 Å². The molecule has 14 heavy (non-hydrogen) atoms. The van der Waals surface area contributed by atoms with Crippen molar-refractivity contribution < 1.29 is 9.53 Å². The smallest absolute Gasteiger partial charge is 0.327 e. The molecule has 1 atom stereocenters. The Kier molecular flexibility index (Phi) is 3.48. The Morgan fingerprint density at radius 3 is 2.57 bits per heavy atom. The summed E-state index contributed by atoms with van der Waals surface area (Å²) in [4.78, 5) is 11.8. The van der Waals surface area contributed by atoms with Crippen molar-refractivity contribution in [2.24, 2.45) is 5.41 Å². The summed E-state index contributed by atoms with van der Waals surface area (Å²) in [6, 6.07) is 0. The second kappa shape index (κ2) is 4.11. The van der Waals surface area contributed by atoms with Crippen molar-refractivity contribution >= 4 is 17.7 Å². The molecule has 0 aliphatic carbocycles. The van der Waals surface area contributed by atoms with Gasteiger partial charge in [0.15, 0.2) is 0 Å². The number of hydrogen-bond donors (Lipinski definition) is 1. The molecule has 0 aromatic carbocycles. The SMILES string of the molecule is CNC1(C(=O)OC)CSCCC1(C)C. The first kappa shape index (κ1) is 11.9. The van der Waals surface area contributed by atoms with Gasteiger partial charge in [0.05, 0.1) is 7.11 Å². The van der Waals surface area contributed by atoms with E-state index >= 15 is 0 Å². The second-order valence-electron chi connectivity index (χ2n) is 4.33. The van der Waals surface area contributed by atoms with E-state index < -0.39 is 5.54 Å². The molecule has 82 valence electrons. The molecule has 0 bridgehead atoms. The van der Waals surface area contributed by atoms with Crippen LogP contribution in [0.3, 0.4) is 0 Å². The molecule has 0 aromatic heterocycles. The average Bonchev–Trinajstić information content (AvgIpc) is 2.16. The van der Waals surface area contributed by atoms with Crippen LogP contribution in [0.25, 0.3) is 0 Å². The van der Waals surface area contributed by atoms with E-state index in [1.54, 1.807) is 0 Å². The van der Waals surface area contributed by atoms with Crippen LogP contribution >= 0.6 is 11.8 Å². The molecular formula is C10H19NO2S. The lowest BCUT2D eigenvalue weighted by Gasteiger charge is -2.47. The van der Waals surface area contributed by atoms with Crippen LogP contribution in [-0.2, 0) is 9.53 Å². The normalized spacial score (nSPS) is 31.1. The number of rotatable bonds is 2. The van der Waals surface area contributed by atoms with Gasteiger partial charge < -0.3 is 10.1 Å². The maximum Gasteiger partial charge on any atom is 0.327 e. The highest BCUT2D eigenvalue weighted by atomic mass is 32.2. The van der Waals surface area contributed by atoms with Gasteiger partial charge in [0, 0.05) is 5.75 Å². The molecule has 1 aliphatic heterocycles. The van der Waals surface area contributed by atoms with E-state index in [-0.39, 0.29) is 11.4 Å². The molecular weight excluding hydrogens is 198 g/mol. The number of hydrogen-bond acceptors (Lipinski definition) is 4. The molecule has 1 heterocycles. The average molecular weight is 217 g/mol. The number of ether oxygens (including phenoxy) is 1. The Bertz CT molecular complexity index is 230. The summed E-state index contributed by atoms with van der Waals surface area (Å²) in [6.07, 6.45) is 1.04. The number of thioether (sulfide) groups is 1. The van der Waals surface area contributed by atoms with Crippen LogP contribution in [0, 0.1) is 5.41 Å². The number of esters is 1. The van der Waals surface area contributed by atoms with Crippen LogP contribution in [0.2, 0.25) is 0 Å². The number of nitrogens with one attached hydrogen (secondary N) is 1. The number of likely N-dealkylation sites (N-methyl/N-ethyl adjacent to an activating group) is 1. The fourth-order valence-corrected chi connectivity index (χ4v) is 3.74. The highest BCUT2D eigenvalue weighted by Gasteiger charge is 2.52.